The molecular formula is C17H16N2O. The van der Waals surface area contributed by atoms with E-state index in [0.717, 1.165) is 11.1 Å². The van der Waals surface area contributed by atoms with Gasteiger partial charge in [-0.1, -0.05) is 60.7 Å². The average molecular weight is 264 g/mol. The number of hydrogen-bond donors (Lipinski definition) is 0. The summed E-state index contributed by atoms with van der Waals surface area (Å²) in [5.41, 5.74) is 1.85. The van der Waals surface area contributed by atoms with E-state index in [0.29, 0.717) is 6.54 Å². The van der Waals surface area contributed by atoms with E-state index >= 15 is 0 Å². The van der Waals surface area contributed by atoms with Crippen molar-refractivity contribution in [2.75, 3.05) is 0 Å². The Labute approximate surface area is 119 Å². The fourth-order valence-corrected chi connectivity index (χ4v) is 2.12. The van der Waals surface area contributed by atoms with Crippen LogP contribution in [0.5, 0.6) is 0 Å². The third kappa shape index (κ3) is 3.24. The predicted octanol–water partition coefficient (Wildman–Crippen LogP) is 3.30. The Morgan fingerprint density at radius 2 is 1.65 bits per heavy atom. The van der Waals surface area contributed by atoms with Crippen LogP contribution in [0.4, 0.5) is 0 Å². The standard InChI is InChI=1S/C17H16N2O/c1-14(20)19(13-15-8-4-2-5-9-15)17(12-18)16-10-6-3-7-11-16/h2-11,17H,13H2,1H3/t17-/m1/s1. The molecule has 2 aromatic carbocycles. The van der Waals surface area contributed by atoms with Crippen molar-refractivity contribution in [3.63, 3.8) is 0 Å². The molecule has 0 unspecified atom stereocenters. The third-order valence-corrected chi connectivity index (χ3v) is 3.15. The molecule has 2 rings (SSSR count). The van der Waals surface area contributed by atoms with Crippen molar-refractivity contribution in [1.29, 1.82) is 5.26 Å². The van der Waals surface area contributed by atoms with Gasteiger partial charge in [-0.2, -0.15) is 5.26 Å². The van der Waals surface area contributed by atoms with Gasteiger partial charge in [-0.25, -0.2) is 0 Å². The van der Waals surface area contributed by atoms with E-state index in [2.05, 4.69) is 6.07 Å². The Kier molecular flexibility index (Phi) is 4.52. The summed E-state index contributed by atoms with van der Waals surface area (Å²) in [4.78, 5) is 13.5. The van der Waals surface area contributed by atoms with Crippen LogP contribution < -0.4 is 0 Å². The maximum atomic E-state index is 11.9. The number of nitriles is 1. The monoisotopic (exact) mass is 264 g/mol. The van der Waals surface area contributed by atoms with Gasteiger partial charge in [0.05, 0.1) is 6.07 Å². The highest BCUT2D eigenvalue weighted by molar-refractivity contribution is 5.74. The van der Waals surface area contributed by atoms with Crippen molar-refractivity contribution < 1.29 is 4.79 Å². The van der Waals surface area contributed by atoms with Crippen molar-refractivity contribution >= 4 is 5.91 Å². The number of hydrogen-bond acceptors (Lipinski definition) is 2. The highest BCUT2D eigenvalue weighted by Crippen LogP contribution is 2.22. The molecule has 2 aromatic rings. The Morgan fingerprint density at radius 3 is 2.15 bits per heavy atom. The Balaban J connectivity index is 2.28. The maximum Gasteiger partial charge on any atom is 0.221 e. The fourth-order valence-electron chi connectivity index (χ4n) is 2.12. The van der Waals surface area contributed by atoms with Crippen molar-refractivity contribution in [2.24, 2.45) is 0 Å². The van der Waals surface area contributed by atoms with E-state index in [9.17, 15) is 10.1 Å². The van der Waals surface area contributed by atoms with Crippen molar-refractivity contribution in [1.82, 2.24) is 4.90 Å². The van der Waals surface area contributed by atoms with E-state index in [4.69, 9.17) is 0 Å². The van der Waals surface area contributed by atoms with Gasteiger partial charge in [0.2, 0.25) is 5.91 Å². The van der Waals surface area contributed by atoms with E-state index in [-0.39, 0.29) is 5.91 Å². The molecule has 100 valence electrons. The third-order valence-electron chi connectivity index (χ3n) is 3.15. The Bertz CT molecular complexity index is 602. The quantitative estimate of drug-likeness (QED) is 0.850. The molecule has 0 radical (unpaired) electrons. The topological polar surface area (TPSA) is 44.1 Å². The van der Waals surface area contributed by atoms with Crippen LogP contribution >= 0.6 is 0 Å². The Hall–Kier alpha value is -2.60. The molecule has 0 aromatic heterocycles. The van der Waals surface area contributed by atoms with Gasteiger partial charge >= 0.3 is 0 Å². The molecule has 0 bridgehead atoms. The largest absolute Gasteiger partial charge is 0.318 e. The molecule has 0 spiro atoms. The molecule has 3 heteroatoms. The van der Waals surface area contributed by atoms with Crippen LogP contribution in [0.1, 0.15) is 24.1 Å². The van der Waals surface area contributed by atoms with E-state index in [1.165, 1.54) is 6.92 Å². The van der Waals surface area contributed by atoms with Crippen LogP contribution in [-0.4, -0.2) is 10.8 Å². The zero-order chi connectivity index (χ0) is 14.4. The van der Waals surface area contributed by atoms with Gasteiger partial charge < -0.3 is 4.90 Å². The first-order valence-electron chi connectivity index (χ1n) is 6.48. The summed E-state index contributed by atoms with van der Waals surface area (Å²) in [5, 5.41) is 9.43. The van der Waals surface area contributed by atoms with Crippen molar-refractivity contribution in [3.8, 4) is 6.07 Å². The summed E-state index contributed by atoms with van der Waals surface area (Å²) in [6.07, 6.45) is 0. The zero-order valence-corrected chi connectivity index (χ0v) is 11.4. The van der Waals surface area contributed by atoms with Crippen LogP contribution in [0, 0.1) is 11.3 Å². The van der Waals surface area contributed by atoms with Crippen LogP contribution in [0.15, 0.2) is 60.7 Å². The van der Waals surface area contributed by atoms with E-state index in [1.807, 2.05) is 60.7 Å². The predicted molar refractivity (Wildman–Crippen MR) is 77.5 cm³/mol. The van der Waals surface area contributed by atoms with Crippen molar-refractivity contribution in [2.45, 2.75) is 19.5 Å². The van der Waals surface area contributed by atoms with Gasteiger partial charge in [0.15, 0.2) is 0 Å². The number of nitrogens with zero attached hydrogens (tertiary/aromatic N) is 2. The van der Waals surface area contributed by atoms with Gasteiger partial charge in [-0.15, -0.1) is 0 Å². The molecule has 0 aliphatic heterocycles. The summed E-state index contributed by atoms with van der Waals surface area (Å²) in [7, 11) is 0. The molecule has 1 atom stereocenters. The molecule has 0 saturated heterocycles. The van der Waals surface area contributed by atoms with Gasteiger partial charge in [0.1, 0.15) is 6.04 Å². The molecule has 0 saturated carbocycles. The van der Waals surface area contributed by atoms with Crippen LogP contribution in [0.2, 0.25) is 0 Å². The number of amides is 1. The number of carbonyl (C=O) groups excluding carboxylic acids is 1. The van der Waals surface area contributed by atoms with Crippen LogP contribution in [-0.2, 0) is 11.3 Å². The molecule has 0 N–H and O–H groups in total. The smallest absolute Gasteiger partial charge is 0.221 e. The SMILES string of the molecule is CC(=O)N(Cc1ccccc1)[C@H](C#N)c1ccccc1. The zero-order valence-electron chi connectivity index (χ0n) is 11.4. The second-order valence-electron chi connectivity index (χ2n) is 4.57. The van der Waals surface area contributed by atoms with Crippen LogP contribution in [0.3, 0.4) is 0 Å². The van der Waals surface area contributed by atoms with Gasteiger partial charge in [0, 0.05) is 13.5 Å². The second-order valence-corrected chi connectivity index (χ2v) is 4.57. The summed E-state index contributed by atoms with van der Waals surface area (Å²) in [5.74, 6) is -0.107. The van der Waals surface area contributed by atoms with E-state index < -0.39 is 6.04 Å². The summed E-state index contributed by atoms with van der Waals surface area (Å²) < 4.78 is 0. The highest BCUT2D eigenvalue weighted by atomic mass is 16.2. The summed E-state index contributed by atoms with van der Waals surface area (Å²) >= 11 is 0. The molecule has 0 heterocycles. The average Bonchev–Trinajstić information content (AvgIpc) is 2.49. The van der Waals surface area contributed by atoms with E-state index in [1.54, 1.807) is 4.90 Å². The first-order chi connectivity index (χ1) is 9.72. The van der Waals surface area contributed by atoms with Crippen LogP contribution in [0.25, 0.3) is 0 Å². The second kappa shape index (κ2) is 6.53. The lowest BCUT2D eigenvalue weighted by atomic mass is 10.1. The highest BCUT2D eigenvalue weighted by Gasteiger charge is 2.22. The molecule has 0 aliphatic rings. The lowest BCUT2D eigenvalue weighted by Gasteiger charge is -2.26. The van der Waals surface area contributed by atoms with Gasteiger partial charge in [-0.05, 0) is 11.1 Å². The molecule has 0 fully saturated rings. The molecule has 3 nitrogen and oxygen atoms in total. The fraction of sp³-hybridized carbons (Fsp3) is 0.176. The minimum atomic E-state index is -0.561. The Morgan fingerprint density at radius 1 is 1.10 bits per heavy atom. The minimum absolute atomic E-state index is 0.107. The van der Waals surface area contributed by atoms with Crippen molar-refractivity contribution in [3.05, 3.63) is 71.8 Å². The lowest BCUT2D eigenvalue weighted by molar-refractivity contribution is -0.130. The molecule has 1 amide bonds. The minimum Gasteiger partial charge on any atom is -0.318 e. The summed E-state index contributed by atoms with van der Waals surface area (Å²) in [6, 6.07) is 20.7. The lowest BCUT2D eigenvalue weighted by Crippen LogP contribution is -2.31. The summed E-state index contributed by atoms with van der Waals surface area (Å²) in [6.45, 7) is 1.93. The molecular weight excluding hydrogens is 248 g/mol. The van der Waals surface area contributed by atoms with Gasteiger partial charge in [0.25, 0.3) is 0 Å². The number of rotatable bonds is 4. The first kappa shape index (κ1) is 13.8. The maximum absolute atomic E-state index is 11.9. The normalized spacial score (nSPS) is 11.4. The first-order valence-corrected chi connectivity index (χ1v) is 6.48. The molecule has 20 heavy (non-hydrogen) atoms. The number of benzene rings is 2. The number of carbonyl (C=O) groups is 1. The van der Waals surface area contributed by atoms with Gasteiger partial charge in [-0.3, -0.25) is 4.79 Å². The molecule has 0 aliphatic carbocycles.